The monoisotopic (exact) mass is 1130 g/mol. The van der Waals surface area contributed by atoms with E-state index in [4.69, 9.17) is 11.6 Å². The maximum atomic E-state index is 12.6. The molecule has 2 amide bonds. The first kappa shape index (κ1) is 65.0. The number of halogens is 1. The van der Waals surface area contributed by atoms with E-state index in [1.54, 1.807) is 6.07 Å². The Morgan fingerprint density at radius 1 is 0.787 bits per heavy atom. The van der Waals surface area contributed by atoms with E-state index in [0.717, 1.165) is 69.0 Å². The van der Waals surface area contributed by atoms with Crippen molar-refractivity contribution in [1.29, 1.82) is 0 Å². The number of carbonyl (C=O) groups is 2. The largest absolute Gasteiger partial charge is 1.00 e. The predicted octanol–water partition coefficient (Wildman–Crippen LogP) is -2.88. The zero-order chi connectivity index (χ0) is 52.7. The summed E-state index contributed by atoms with van der Waals surface area (Å²) in [5.74, 6) is -1.77. The van der Waals surface area contributed by atoms with Crippen molar-refractivity contribution in [2.75, 3.05) is 55.8 Å². The number of benzene rings is 3. The van der Waals surface area contributed by atoms with Gasteiger partial charge in [-0.15, -0.1) is 0 Å². The van der Waals surface area contributed by atoms with Crippen molar-refractivity contribution in [3.05, 3.63) is 112 Å². The number of aliphatic imine (C=N–C) groups is 1. The van der Waals surface area contributed by atoms with E-state index in [-0.39, 0.29) is 131 Å². The molecule has 0 bridgehead atoms. The second-order valence-corrected chi connectivity index (χ2v) is 24.2. The number of hydrogen-bond donors (Lipinski definition) is 0. The van der Waals surface area contributed by atoms with E-state index in [1.165, 1.54) is 6.07 Å². The SMILES string of the molecule is CN(C)c1ccc2c(c1)C(C)(C)/C(=C\C=C1/CCCC(/C=C/C3=[N+](CCCCCC([O-])=NCCN4C(=O)C=CC4=O)c4ccc5c(S(=O)(=O)[O-])cc(S(=O)(=O)[O-])cc5c4C3(C)C)=C1Cl)N2CCCS(=O)(=O)[O-].[Na+].[Na+].[Na+]. The molecule has 7 rings (SSSR count). The fraction of sp³-hybridized carbons (Fsp3) is 0.412. The van der Waals surface area contributed by atoms with Crippen LogP contribution < -0.4 is 104 Å². The van der Waals surface area contributed by atoms with Crippen molar-refractivity contribution >= 4 is 93.2 Å². The van der Waals surface area contributed by atoms with Crippen molar-refractivity contribution in [3.8, 4) is 0 Å². The number of anilines is 2. The van der Waals surface area contributed by atoms with Gasteiger partial charge in [-0.25, -0.2) is 25.3 Å². The maximum absolute atomic E-state index is 12.6. The van der Waals surface area contributed by atoms with Crippen LogP contribution in [0.1, 0.15) is 90.2 Å². The second-order valence-electron chi connectivity index (χ2n) is 19.6. The molecule has 75 heavy (non-hydrogen) atoms. The van der Waals surface area contributed by atoms with Crippen LogP contribution in [0.5, 0.6) is 0 Å². The van der Waals surface area contributed by atoms with E-state index in [9.17, 15) is 53.6 Å². The Morgan fingerprint density at radius 3 is 2.09 bits per heavy atom. The smallest absolute Gasteiger partial charge is 0.862 e. The minimum absolute atomic E-state index is 0. The summed E-state index contributed by atoms with van der Waals surface area (Å²) in [6.07, 6.45) is 14.1. The van der Waals surface area contributed by atoms with Gasteiger partial charge in [0.2, 0.25) is 5.69 Å². The minimum atomic E-state index is -5.25. The predicted molar refractivity (Wildman–Crippen MR) is 272 cm³/mol. The van der Waals surface area contributed by atoms with Crippen molar-refractivity contribution in [2.24, 2.45) is 4.99 Å². The van der Waals surface area contributed by atoms with Gasteiger partial charge < -0.3 is 33.6 Å². The summed E-state index contributed by atoms with van der Waals surface area (Å²) >= 11 is 7.27. The molecule has 0 fully saturated rings. The van der Waals surface area contributed by atoms with E-state index >= 15 is 0 Å². The molecule has 4 aliphatic rings. The van der Waals surface area contributed by atoms with Gasteiger partial charge in [-0.3, -0.25) is 14.5 Å². The topological polar surface area (TPSA) is 254 Å². The normalized spacial score (nSPS) is 18.6. The molecule has 0 N–H and O–H groups in total. The van der Waals surface area contributed by atoms with E-state index < -0.39 is 68.5 Å². The number of imide groups is 1. The molecule has 0 saturated carbocycles. The number of rotatable bonds is 19. The Balaban J connectivity index is 0.00000406. The van der Waals surface area contributed by atoms with Gasteiger partial charge in [-0.1, -0.05) is 37.6 Å². The Hall–Kier alpha value is -2.48. The molecule has 0 unspecified atom stereocenters. The number of allylic oxidation sites excluding steroid dienone is 8. The molecule has 386 valence electrons. The number of nitrogens with zero attached hydrogens (tertiary/aromatic N) is 5. The van der Waals surface area contributed by atoms with Crippen LogP contribution in [-0.4, -0.2) is 118 Å². The molecule has 24 heteroatoms. The maximum Gasteiger partial charge on any atom is 1.00 e. The fourth-order valence-electron chi connectivity index (χ4n) is 10.1. The first-order chi connectivity index (χ1) is 33.6. The van der Waals surface area contributed by atoms with Crippen LogP contribution in [0.15, 0.2) is 116 Å². The number of unbranched alkanes of at least 4 members (excludes halogenated alkanes) is 2. The van der Waals surface area contributed by atoms with E-state index in [2.05, 4.69) is 29.8 Å². The Labute approximate surface area is 511 Å². The number of hydrogen-bond acceptors (Lipinski definition) is 15. The van der Waals surface area contributed by atoms with Gasteiger partial charge in [-0.2, -0.15) is 4.58 Å². The molecular weight excluding hydrogens is 1080 g/mol. The summed E-state index contributed by atoms with van der Waals surface area (Å²) in [6, 6.07) is 10.9. The molecule has 0 radical (unpaired) electrons. The van der Waals surface area contributed by atoms with Gasteiger partial charge in [0.05, 0.1) is 31.9 Å². The van der Waals surface area contributed by atoms with Gasteiger partial charge in [0, 0.05) is 102 Å². The molecule has 0 aromatic heterocycles. The standard InChI is InChI=1S/C51H60ClN5O12S3.3Na/c1-50(2)39-30-35(54(5)6)17-19-40(39)55(27-11-29-70(61,62)63)43(50)21-15-33-12-10-13-34(49(33)52)16-22-44-51(3,4)48-38-31-36(71(64,65)66)32-42(72(67,68)69)37(38)18-20-41(48)56(44)26-9-7-8-14-45(58)53-25-28-57-46(59)23-24-47(57)60;;;/h15-24,30-32H,7-14,25-29H2,1-6H3,(H3-,53,58,61,62,63,64,65,66,67,68,69);;;/q;3*+1/p-3. The van der Waals surface area contributed by atoms with Crippen LogP contribution in [0.25, 0.3) is 10.8 Å². The van der Waals surface area contributed by atoms with Gasteiger partial charge in [0.25, 0.3) is 11.8 Å². The summed E-state index contributed by atoms with van der Waals surface area (Å²) in [5.41, 5.74) is 5.92. The Bertz CT molecular complexity index is 3310. The van der Waals surface area contributed by atoms with Crippen LogP contribution in [-0.2, 0) is 50.8 Å². The summed E-state index contributed by atoms with van der Waals surface area (Å²) in [5, 5.41) is 13.2. The van der Waals surface area contributed by atoms with Gasteiger partial charge in [0.15, 0.2) is 5.71 Å². The average Bonchev–Trinajstić information content (AvgIpc) is 3.81. The third kappa shape index (κ3) is 14.7. The van der Waals surface area contributed by atoms with Crippen molar-refractivity contribution < 1.29 is 147 Å². The molecule has 3 aromatic rings. The number of carbonyl (C=O) groups excluding carboxylic acids is 2. The van der Waals surface area contributed by atoms with Crippen LogP contribution in [0.4, 0.5) is 17.1 Å². The first-order valence-corrected chi connectivity index (χ1v) is 28.3. The molecular formula is C51H57ClN5Na3O12S3. The average molecular weight is 1130 g/mol. The summed E-state index contributed by atoms with van der Waals surface area (Å²) < 4.78 is 112. The van der Waals surface area contributed by atoms with Crippen LogP contribution in [0.3, 0.4) is 0 Å². The van der Waals surface area contributed by atoms with Gasteiger partial charge in [0.1, 0.15) is 26.8 Å². The number of fused-ring (bicyclic) bond motifs is 4. The van der Waals surface area contributed by atoms with Gasteiger partial charge >= 0.3 is 88.7 Å². The quantitative estimate of drug-likeness (QED) is 0.0223. The molecule has 17 nitrogen and oxygen atoms in total. The molecule has 0 atom stereocenters. The molecule has 3 aliphatic heterocycles. The Morgan fingerprint density at radius 2 is 1.47 bits per heavy atom. The Kier molecular flexibility index (Phi) is 22.3. The summed E-state index contributed by atoms with van der Waals surface area (Å²) in [7, 11) is -11.0. The van der Waals surface area contributed by atoms with E-state index in [1.807, 2.05) is 73.9 Å². The fourth-order valence-corrected chi connectivity index (χ4v) is 12.2. The summed E-state index contributed by atoms with van der Waals surface area (Å²) in [4.78, 5) is 31.1. The van der Waals surface area contributed by atoms with Crippen molar-refractivity contribution in [3.63, 3.8) is 0 Å². The zero-order valence-electron chi connectivity index (χ0n) is 43.9. The second kappa shape index (κ2) is 25.8. The molecule has 1 aliphatic carbocycles. The van der Waals surface area contributed by atoms with Crippen molar-refractivity contribution in [2.45, 2.75) is 99.7 Å². The van der Waals surface area contributed by atoms with Gasteiger partial charge in [-0.05, 0) is 129 Å². The molecule has 3 heterocycles. The molecule has 0 spiro atoms. The minimum Gasteiger partial charge on any atom is -0.862 e. The van der Waals surface area contributed by atoms with Crippen LogP contribution in [0.2, 0.25) is 0 Å². The third-order valence-corrected chi connectivity index (χ3v) is 16.7. The summed E-state index contributed by atoms with van der Waals surface area (Å²) in [6.45, 7) is 8.63. The van der Waals surface area contributed by atoms with Crippen LogP contribution in [0, 0.1) is 0 Å². The number of amides is 2. The third-order valence-electron chi connectivity index (χ3n) is 13.7. The van der Waals surface area contributed by atoms with Crippen LogP contribution >= 0.6 is 11.6 Å². The van der Waals surface area contributed by atoms with Crippen molar-refractivity contribution in [1.82, 2.24) is 4.90 Å². The molecule has 0 saturated heterocycles. The van der Waals surface area contributed by atoms with E-state index in [0.29, 0.717) is 67.5 Å². The zero-order valence-corrected chi connectivity index (χ0v) is 53.1. The first-order valence-electron chi connectivity index (χ1n) is 23.5. The molecule has 3 aromatic carbocycles.